The molecule has 1 unspecified atom stereocenters. The van der Waals surface area contributed by atoms with Gasteiger partial charge in [-0.3, -0.25) is 0 Å². The molecule has 5 rings (SSSR count). The van der Waals surface area contributed by atoms with Crippen LogP contribution in [0.2, 0.25) is 0 Å². The summed E-state index contributed by atoms with van der Waals surface area (Å²) in [5, 5.41) is 4.08. The molecule has 23 heavy (non-hydrogen) atoms. The van der Waals surface area contributed by atoms with E-state index in [1.807, 2.05) is 60.7 Å². The molecule has 0 aliphatic carbocycles. The number of thiophene rings is 1. The van der Waals surface area contributed by atoms with Crippen molar-refractivity contribution in [3.05, 3.63) is 78.9 Å². The van der Waals surface area contributed by atoms with Gasteiger partial charge in [-0.25, -0.2) is 0 Å². The topological polar surface area (TPSA) is 17.1 Å². The third-order valence-corrected chi connectivity index (χ3v) is 9.04. The normalized spacial score (nSPS) is 18.8. The van der Waals surface area contributed by atoms with Crippen molar-refractivity contribution in [1.82, 2.24) is 0 Å². The van der Waals surface area contributed by atoms with Crippen LogP contribution in [0.15, 0.2) is 78.9 Å². The first-order chi connectivity index (χ1) is 11.3. The summed E-state index contributed by atoms with van der Waals surface area (Å²) in [6, 6.07) is 26.4. The van der Waals surface area contributed by atoms with Crippen molar-refractivity contribution in [1.29, 1.82) is 0 Å². The lowest BCUT2D eigenvalue weighted by Crippen LogP contribution is -2.20. The highest BCUT2D eigenvalue weighted by Gasteiger charge is 2.42. The third-order valence-electron chi connectivity index (χ3n) is 4.49. The van der Waals surface area contributed by atoms with E-state index in [0.29, 0.717) is 0 Å². The summed E-state index contributed by atoms with van der Waals surface area (Å²) >= 11 is 1.75. The van der Waals surface area contributed by atoms with E-state index < -0.39 is 7.14 Å². The summed E-state index contributed by atoms with van der Waals surface area (Å²) < 4.78 is 15.6. The highest BCUT2D eigenvalue weighted by Crippen LogP contribution is 2.56. The predicted octanol–water partition coefficient (Wildman–Crippen LogP) is 4.52. The lowest BCUT2D eigenvalue weighted by Gasteiger charge is -2.15. The van der Waals surface area contributed by atoms with Gasteiger partial charge in [0.15, 0.2) is 7.14 Å². The minimum Gasteiger partial charge on any atom is -0.309 e. The Labute approximate surface area is 138 Å². The van der Waals surface area contributed by atoms with Crippen LogP contribution in [-0.2, 0) is 4.57 Å². The quantitative estimate of drug-likeness (QED) is 0.413. The van der Waals surface area contributed by atoms with E-state index in [1.54, 1.807) is 11.3 Å². The predicted molar refractivity (Wildman–Crippen MR) is 100 cm³/mol. The molecule has 3 aromatic carbocycles. The van der Waals surface area contributed by atoms with Crippen molar-refractivity contribution >= 4 is 44.5 Å². The molecular weight excluding hydrogens is 319 g/mol. The molecular formula is C20H13OPS. The van der Waals surface area contributed by atoms with Crippen LogP contribution < -0.4 is 15.9 Å². The summed E-state index contributed by atoms with van der Waals surface area (Å²) in [5.41, 5.74) is 1.14. The summed E-state index contributed by atoms with van der Waals surface area (Å²) in [6.45, 7) is 0. The molecule has 0 spiro atoms. The second-order valence-corrected chi connectivity index (χ2v) is 9.45. The molecule has 110 valence electrons. The van der Waals surface area contributed by atoms with Gasteiger partial charge in [0.25, 0.3) is 0 Å². The van der Waals surface area contributed by atoms with Crippen molar-refractivity contribution in [2.45, 2.75) is 0 Å². The number of hydrogen-bond acceptors (Lipinski definition) is 2. The maximum absolute atomic E-state index is 14.3. The zero-order valence-corrected chi connectivity index (χ0v) is 14.0. The Hall–Kier alpha value is -2.15. The fourth-order valence-corrected chi connectivity index (χ4v) is 8.44. The summed E-state index contributed by atoms with van der Waals surface area (Å²) in [5.74, 6) is 0. The first-order valence-corrected chi connectivity index (χ1v) is 10.1. The summed E-state index contributed by atoms with van der Waals surface area (Å²) in [6.07, 6.45) is 0. The molecule has 0 saturated heterocycles. The average molecular weight is 332 g/mol. The van der Waals surface area contributed by atoms with Crippen LogP contribution in [0, 0.1) is 0 Å². The highest BCUT2D eigenvalue weighted by molar-refractivity contribution is 7.87. The molecule has 0 N–H and O–H groups in total. The van der Waals surface area contributed by atoms with Gasteiger partial charge in [-0.2, -0.15) is 0 Å². The maximum atomic E-state index is 14.3. The second-order valence-electron chi connectivity index (χ2n) is 5.74. The van der Waals surface area contributed by atoms with E-state index in [2.05, 4.69) is 18.2 Å². The average Bonchev–Trinajstić information content (AvgIpc) is 3.12. The molecule has 1 aliphatic heterocycles. The van der Waals surface area contributed by atoms with E-state index in [0.717, 1.165) is 26.9 Å². The Bertz CT molecular complexity index is 1100. The van der Waals surface area contributed by atoms with Crippen molar-refractivity contribution < 1.29 is 4.57 Å². The first kappa shape index (κ1) is 13.3. The molecule has 3 heteroatoms. The van der Waals surface area contributed by atoms with Gasteiger partial charge in [-0.05, 0) is 6.07 Å². The number of fused-ring (bicyclic) bond motifs is 5. The zero-order chi connectivity index (χ0) is 15.4. The standard InChI is InChI=1S/C20H13OPS/c21-22(14-8-2-1-3-9-14)17-12-6-4-10-15(17)20-19(22)16-11-5-7-13-18(16)23-20/h1-13H. The van der Waals surface area contributed by atoms with Crippen LogP contribution in [0.25, 0.3) is 20.5 Å². The Morgan fingerprint density at radius 2 is 1.43 bits per heavy atom. The van der Waals surface area contributed by atoms with Crippen molar-refractivity contribution in [3.8, 4) is 10.4 Å². The fourth-order valence-electron chi connectivity index (χ4n) is 3.49. The van der Waals surface area contributed by atoms with E-state index in [1.165, 1.54) is 9.58 Å². The Kier molecular flexibility index (Phi) is 2.70. The molecule has 1 aliphatic rings. The first-order valence-electron chi connectivity index (χ1n) is 7.58. The van der Waals surface area contributed by atoms with Crippen LogP contribution in [0.3, 0.4) is 0 Å². The van der Waals surface area contributed by atoms with Crippen LogP contribution in [0.4, 0.5) is 0 Å². The summed E-state index contributed by atoms with van der Waals surface area (Å²) in [7, 11) is -2.79. The van der Waals surface area contributed by atoms with E-state index in [-0.39, 0.29) is 0 Å². The van der Waals surface area contributed by atoms with Crippen LogP contribution >= 0.6 is 18.5 Å². The highest BCUT2D eigenvalue weighted by atomic mass is 32.1. The van der Waals surface area contributed by atoms with Gasteiger partial charge in [0.2, 0.25) is 0 Å². The minimum atomic E-state index is -2.79. The van der Waals surface area contributed by atoms with Crippen LogP contribution in [-0.4, -0.2) is 0 Å². The maximum Gasteiger partial charge on any atom is 0.173 e. The van der Waals surface area contributed by atoms with Crippen molar-refractivity contribution in [2.24, 2.45) is 0 Å². The molecule has 2 heterocycles. The fraction of sp³-hybridized carbons (Fsp3) is 0. The Balaban J connectivity index is 1.99. The van der Waals surface area contributed by atoms with E-state index in [4.69, 9.17) is 0 Å². The third kappa shape index (κ3) is 1.65. The monoisotopic (exact) mass is 332 g/mol. The Morgan fingerprint density at radius 3 is 2.30 bits per heavy atom. The van der Waals surface area contributed by atoms with Crippen LogP contribution in [0.1, 0.15) is 0 Å². The molecule has 0 saturated carbocycles. The van der Waals surface area contributed by atoms with Gasteiger partial charge in [0.1, 0.15) is 0 Å². The van der Waals surface area contributed by atoms with Crippen LogP contribution in [0.5, 0.6) is 0 Å². The number of hydrogen-bond donors (Lipinski definition) is 0. The number of rotatable bonds is 1. The second kappa shape index (κ2) is 4.67. The smallest absolute Gasteiger partial charge is 0.173 e. The molecule has 0 amide bonds. The van der Waals surface area contributed by atoms with E-state index >= 15 is 0 Å². The van der Waals surface area contributed by atoms with Gasteiger partial charge < -0.3 is 4.57 Å². The van der Waals surface area contributed by atoms with Crippen molar-refractivity contribution in [2.75, 3.05) is 0 Å². The van der Waals surface area contributed by atoms with Crippen molar-refractivity contribution in [3.63, 3.8) is 0 Å². The van der Waals surface area contributed by atoms with Gasteiger partial charge >= 0.3 is 0 Å². The van der Waals surface area contributed by atoms with Gasteiger partial charge in [-0.15, -0.1) is 11.3 Å². The van der Waals surface area contributed by atoms with Gasteiger partial charge in [0.05, 0.1) is 0 Å². The van der Waals surface area contributed by atoms with Gasteiger partial charge in [0, 0.05) is 36.4 Å². The summed E-state index contributed by atoms with van der Waals surface area (Å²) in [4.78, 5) is 1.17. The SMILES string of the molecule is O=P1(c2ccccc2)c2ccccc2-c2sc3ccccc3c21. The Morgan fingerprint density at radius 1 is 0.739 bits per heavy atom. The lowest BCUT2D eigenvalue weighted by atomic mass is 10.2. The molecule has 0 radical (unpaired) electrons. The zero-order valence-electron chi connectivity index (χ0n) is 12.3. The molecule has 4 aromatic rings. The largest absolute Gasteiger partial charge is 0.309 e. The number of benzene rings is 3. The molecule has 0 fully saturated rings. The lowest BCUT2D eigenvalue weighted by molar-refractivity contribution is 0.593. The minimum absolute atomic E-state index is 0.926. The molecule has 1 atom stereocenters. The molecule has 1 aromatic heterocycles. The molecule has 1 nitrogen and oxygen atoms in total. The van der Waals surface area contributed by atoms with E-state index in [9.17, 15) is 4.57 Å². The molecule has 0 bridgehead atoms. The van der Waals surface area contributed by atoms with Gasteiger partial charge in [-0.1, -0.05) is 72.8 Å².